The summed E-state index contributed by atoms with van der Waals surface area (Å²) in [6, 6.07) is 30.1. The molecule has 0 saturated carbocycles. The molecular formula is C34H36N2O2S. The van der Waals surface area contributed by atoms with Gasteiger partial charge in [-0.3, -0.25) is 9.59 Å². The number of amides is 2. The van der Waals surface area contributed by atoms with Gasteiger partial charge in [0, 0.05) is 17.5 Å². The molecule has 4 nitrogen and oxygen atoms in total. The highest BCUT2D eigenvalue weighted by atomic mass is 32.1. The van der Waals surface area contributed by atoms with Crippen LogP contribution in [0.2, 0.25) is 0 Å². The Morgan fingerprint density at radius 1 is 0.897 bits per heavy atom. The first-order chi connectivity index (χ1) is 19.0. The monoisotopic (exact) mass is 536 g/mol. The van der Waals surface area contributed by atoms with Crippen LogP contribution in [0.1, 0.15) is 64.9 Å². The molecule has 0 spiro atoms. The fourth-order valence-corrected chi connectivity index (χ4v) is 6.56. The van der Waals surface area contributed by atoms with Crippen molar-refractivity contribution < 1.29 is 9.59 Å². The molecule has 0 aliphatic carbocycles. The minimum Gasteiger partial charge on any atom is -0.330 e. The molecule has 200 valence electrons. The summed E-state index contributed by atoms with van der Waals surface area (Å²) in [5, 5.41) is 2.13. The zero-order valence-corrected chi connectivity index (χ0v) is 23.7. The highest BCUT2D eigenvalue weighted by Crippen LogP contribution is 2.39. The average Bonchev–Trinajstić information content (AvgIpc) is 3.46. The first-order valence-corrected chi connectivity index (χ1v) is 14.7. The largest absolute Gasteiger partial charge is 0.330 e. The van der Waals surface area contributed by atoms with Gasteiger partial charge in [-0.15, -0.1) is 11.3 Å². The van der Waals surface area contributed by atoms with Crippen molar-refractivity contribution in [2.45, 2.75) is 51.6 Å². The third-order valence-electron chi connectivity index (χ3n) is 7.99. The molecule has 0 radical (unpaired) electrons. The predicted molar refractivity (Wildman–Crippen MR) is 159 cm³/mol. The summed E-state index contributed by atoms with van der Waals surface area (Å²) in [6.07, 6.45) is 1.61. The van der Waals surface area contributed by atoms with Gasteiger partial charge in [0.2, 0.25) is 11.8 Å². The topological polar surface area (TPSA) is 40.6 Å². The van der Waals surface area contributed by atoms with E-state index >= 15 is 0 Å². The Balaban J connectivity index is 1.49. The van der Waals surface area contributed by atoms with Gasteiger partial charge in [0.05, 0.1) is 12.0 Å². The van der Waals surface area contributed by atoms with Gasteiger partial charge in [0.1, 0.15) is 6.54 Å². The fourth-order valence-electron chi connectivity index (χ4n) is 5.66. The van der Waals surface area contributed by atoms with E-state index in [1.54, 1.807) is 11.3 Å². The summed E-state index contributed by atoms with van der Waals surface area (Å²) in [6.45, 7) is 6.94. The number of thiophene rings is 1. The van der Waals surface area contributed by atoms with Gasteiger partial charge in [0.25, 0.3) is 0 Å². The van der Waals surface area contributed by atoms with Crippen molar-refractivity contribution in [3.8, 4) is 0 Å². The Kier molecular flexibility index (Phi) is 8.27. The molecule has 0 N–H and O–H groups in total. The molecule has 4 aromatic rings. The van der Waals surface area contributed by atoms with Crippen LogP contribution >= 0.6 is 11.3 Å². The maximum atomic E-state index is 14.4. The average molecular weight is 537 g/mol. The summed E-state index contributed by atoms with van der Waals surface area (Å²) in [4.78, 5) is 33.7. The third kappa shape index (κ3) is 5.55. The molecule has 1 aliphatic heterocycles. The van der Waals surface area contributed by atoms with E-state index in [1.165, 1.54) is 16.0 Å². The number of carbonyl (C=O) groups excluding carboxylic acids is 2. The molecule has 5 rings (SSSR count). The Morgan fingerprint density at radius 3 is 2.13 bits per heavy atom. The molecule has 0 saturated heterocycles. The third-order valence-corrected chi connectivity index (χ3v) is 8.99. The first-order valence-electron chi connectivity index (χ1n) is 13.8. The Hall–Kier alpha value is -3.70. The van der Waals surface area contributed by atoms with E-state index in [4.69, 9.17) is 0 Å². The summed E-state index contributed by atoms with van der Waals surface area (Å²) in [5.41, 5.74) is 5.41. The maximum absolute atomic E-state index is 14.4. The first kappa shape index (κ1) is 26.9. The minimum absolute atomic E-state index is 0.00590. The molecule has 0 fully saturated rings. The molecule has 2 atom stereocenters. The van der Waals surface area contributed by atoms with E-state index in [9.17, 15) is 9.59 Å². The quantitative estimate of drug-likeness (QED) is 0.244. The van der Waals surface area contributed by atoms with E-state index in [-0.39, 0.29) is 30.4 Å². The van der Waals surface area contributed by atoms with Crippen molar-refractivity contribution in [2.24, 2.45) is 0 Å². The SMILES string of the molecule is CC[C@@H](C)N(CC(=O)N1CCc2sccc2[C@H]1c1ccccc1C)C(=O)C(c1ccccc1)c1ccccc1. The number of hydrogen-bond donors (Lipinski definition) is 0. The van der Waals surface area contributed by atoms with Crippen molar-refractivity contribution in [3.63, 3.8) is 0 Å². The minimum atomic E-state index is -0.466. The number of nitrogens with zero attached hydrogens (tertiary/aromatic N) is 2. The van der Waals surface area contributed by atoms with Gasteiger partial charge in [-0.25, -0.2) is 0 Å². The van der Waals surface area contributed by atoms with E-state index in [2.05, 4.69) is 37.4 Å². The van der Waals surface area contributed by atoms with Crippen molar-refractivity contribution in [2.75, 3.05) is 13.1 Å². The molecular weight excluding hydrogens is 500 g/mol. The van der Waals surface area contributed by atoms with Gasteiger partial charge in [-0.05, 0) is 66.0 Å². The summed E-state index contributed by atoms with van der Waals surface area (Å²) >= 11 is 1.77. The van der Waals surface area contributed by atoms with E-state index in [0.29, 0.717) is 6.54 Å². The van der Waals surface area contributed by atoms with Crippen LogP contribution in [0.4, 0.5) is 0 Å². The van der Waals surface area contributed by atoms with Gasteiger partial charge in [-0.1, -0.05) is 91.9 Å². The number of rotatable bonds is 8. The zero-order chi connectivity index (χ0) is 27.4. The molecule has 3 aromatic carbocycles. The van der Waals surface area contributed by atoms with Gasteiger partial charge >= 0.3 is 0 Å². The number of aryl methyl sites for hydroxylation is 1. The van der Waals surface area contributed by atoms with Crippen LogP contribution in [-0.2, 0) is 16.0 Å². The van der Waals surface area contributed by atoms with Crippen LogP contribution in [0, 0.1) is 6.92 Å². The molecule has 1 aliphatic rings. The van der Waals surface area contributed by atoms with Crippen molar-refractivity contribution in [3.05, 3.63) is 129 Å². The lowest BCUT2D eigenvalue weighted by Gasteiger charge is -2.39. The maximum Gasteiger partial charge on any atom is 0.243 e. The van der Waals surface area contributed by atoms with Crippen LogP contribution in [0.25, 0.3) is 0 Å². The lowest BCUT2D eigenvalue weighted by molar-refractivity contribution is -0.143. The van der Waals surface area contributed by atoms with Crippen LogP contribution in [-0.4, -0.2) is 40.7 Å². The number of benzene rings is 3. The number of hydrogen-bond acceptors (Lipinski definition) is 3. The van der Waals surface area contributed by atoms with Gasteiger partial charge < -0.3 is 9.80 Å². The second-order valence-corrected chi connectivity index (χ2v) is 11.4. The molecule has 0 unspecified atom stereocenters. The van der Waals surface area contributed by atoms with Crippen LogP contribution in [0.3, 0.4) is 0 Å². The second-order valence-electron chi connectivity index (χ2n) is 10.4. The van der Waals surface area contributed by atoms with Crippen molar-refractivity contribution in [1.29, 1.82) is 0 Å². The van der Waals surface area contributed by atoms with Gasteiger partial charge in [0.15, 0.2) is 0 Å². The molecule has 1 aromatic heterocycles. The zero-order valence-electron chi connectivity index (χ0n) is 22.9. The van der Waals surface area contributed by atoms with Crippen molar-refractivity contribution in [1.82, 2.24) is 9.80 Å². The highest BCUT2D eigenvalue weighted by Gasteiger charge is 2.37. The standard InChI is InChI=1S/C34H36N2O2S/c1-4-25(3)36(34(38)32(26-14-7-5-8-15-26)27-16-9-6-10-17-27)23-31(37)35-21-19-30-29(20-22-39-30)33(35)28-18-12-11-13-24(28)2/h5-18,20,22,25,32-33H,4,19,21,23H2,1-3H3/t25-,33-/m1/s1. The van der Waals surface area contributed by atoms with E-state index in [0.717, 1.165) is 29.5 Å². The van der Waals surface area contributed by atoms with Crippen LogP contribution in [0.15, 0.2) is 96.4 Å². The lowest BCUT2D eigenvalue weighted by atomic mass is 9.89. The Bertz CT molecular complexity index is 1380. The normalized spacial score (nSPS) is 15.6. The fraction of sp³-hybridized carbons (Fsp3) is 0.294. The Morgan fingerprint density at radius 2 is 1.51 bits per heavy atom. The van der Waals surface area contributed by atoms with Crippen molar-refractivity contribution >= 4 is 23.2 Å². The van der Waals surface area contributed by atoms with E-state index < -0.39 is 5.92 Å². The number of fused-ring (bicyclic) bond motifs is 1. The highest BCUT2D eigenvalue weighted by molar-refractivity contribution is 7.10. The molecule has 2 amide bonds. The van der Waals surface area contributed by atoms with Crippen LogP contribution < -0.4 is 0 Å². The number of carbonyl (C=O) groups is 2. The smallest absolute Gasteiger partial charge is 0.243 e. The van der Waals surface area contributed by atoms with Gasteiger partial charge in [-0.2, -0.15) is 0 Å². The lowest BCUT2D eigenvalue weighted by Crippen LogP contribution is -2.50. The predicted octanol–water partition coefficient (Wildman–Crippen LogP) is 6.99. The second kappa shape index (κ2) is 12.0. The molecule has 2 heterocycles. The Labute approximate surface area is 235 Å². The summed E-state index contributed by atoms with van der Waals surface area (Å²) < 4.78 is 0. The van der Waals surface area contributed by atoms with E-state index in [1.807, 2.05) is 89.5 Å². The summed E-state index contributed by atoms with van der Waals surface area (Å²) in [7, 11) is 0. The molecule has 5 heteroatoms. The summed E-state index contributed by atoms with van der Waals surface area (Å²) in [5.74, 6) is -0.504. The molecule has 39 heavy (non-hydrogen) atoms. The molecule has 0 bridgehead atoms. The van der Waals surface area contributed by atoms with Crippen LogP contribution in [0.5, 0.6) is 0 Å².